The molecule has 0 bridgehead atoms. The number of H-pyrrole nitrogens is 1. The summed E-state index contributed by atoms with van der Waals surface area (Å²) < 4.78 is 17.1. The van der Waals surface area contributed by atoms with E-state index in [9.17, 15) is 14.4 Å². The van der Waals surface area contributed by atoms with Crippen molar-refractivity contribution < 1.29 is 28.6 Å². The number of fused-ring (bicyclic) bond motifs is 1. The molecule has 0 atom stereocenters. The Morgan fingerprint density at radius 2 is 1.43 bits per heavy atom. The number of rotatable bonds is 9. The van der Waals surface area contributed by atoms with E-state index in [1.165, 1.54) is 0 Å². The van der Waals surface area contributed by atoms with Crippen molar-refractivity contribution in [3.63, 3.8) is 0 Å². The highest BCUT2D eigenvalue weighted by atomic mass is 16.5. The summed E-state index contributed by atoms with van der Waals surface area (Å²) in [5, 5.41) is 4.19. The van der Waals surface area contributed by atoms with Gasteiger partial charge in [0.2, 0.25) is 0 Å². The van der Waals surface area contributed by atoms with Crippen molar-refractivity contribution in [2.75, 3.05) is 13.2 Å². The molecule has 0 spiro atoms. The van der Waals surface area contributed by atoms with Crippen molar-refractivity contribution in [3.05, 3.63) is 72.8 Å². The summed E-state index contributed by atoms with van der Waals surface area (Å²) in [4.78, 5) is 44.7. The first kappa shape index (κ1) is 24.0. The predicted octanol–water partition coefficient (Wildman–Crippen LogP) is 3.93. The number of nitrogens with zero attached hydrogens (tertiary/aromatic N) is 1. The second-order valence-corrected chi connectivity index (χ2v) is 8.31. The van der Waals surface area contributed by atoms with E-state index in [1.54, 1.807) is 31.2 Å². The lowest BCUT2D eigenvalue weighted by Gasteiger charge is -2.34. The van der Waals surface area contributed by atoms with Crippen molar-refractivity contribution in [2.24, 2.45) is 0 Å². The first-order valence-electron chi connectivity index (χ1n) is 11.7. The molecule has 2 heterocycles. The van der Waals surface area contributed by atoms with Gasteiger partial charge >= 0.3 is 6.03 Å². The second kappa shape index (κ2) is 10.1. The topological polar surface area (TPSA) is 132 Å². The highest BCUT2D eigenvalue weighted by Crippen LogP contribution is 2.29. The fraction of sp³-hybridized carbons (Fsp3) is 0.185. The van der Waals surface area contributed by atoms with Crippen LogP contribution in [-0.2, 0) is 14.3 Å². The van der Waals surface area contributed by atoms with Crippen LogP contribution in [0.2, 0.25) is 0 Å². The fourth-order valence-corrected chi connectivity index (χ4v) is 3.96. The number of benzene rings is 3. The molecule has 1 aliphatic rings. The van der Waals surface area contributed by atoms with Gasteiger partial charge in [-0.25, -0.2) is 9.78 Å². The number of carbonyl (C=O) groups excluding carboxylic acids is 3. The fourth-order valence-electron chi connectivity index (χ4n) is 3.96. The highest BCUT2D eigenvalue weighted by Gasteiger charge is 2.52. The van der Waals surface area contributed by atoms with Gasteiger partial charge in [0.05, 0.1) is 17.6 Å². The normalized spacial score (nSPS) is 14.8. The number of para-hydroxylation sites is 2. The molecule has 3 aromatic carbocycles. The number of ether oxygens (including phenoxy) is 3. The van der Waals surface area contributed by atoms with E-state index in [-0.39, 0.29) is 18.8 Å². The van der Waals surface area contributed by atoms with E-state index >= 15 is 0 Å². The van der Waals surface area contributed by atoms with Crippen LogP contribution in [0.15, 0.2) is 72.8 Å². The summed E-state index contributed by atoms with van der Waals surface area (Å²) in [6.45, 7) is 2.30. The number of aromatic amines is 1. The van der Waals surface area contributed by atoms with Crippen LogP contribution >= 0.6 is 0 Å². The van der Waals surface area contributed by atoms with E-state index in [0.717, 1.165) is 22.4 Å². The monoisotopic (exact) mass is 500 g/mol. The predicted molar refractivity (Wildman–Crippen MR) is 134 cm³/mol. The average molecular weight is 501 g/mol. The van der Waals surface area contributed by atoms with Gasteiger partial charge in [0.15, 0.2) is 0 Å². The van der Waals surface area contributed by atoms with Crippen LogP contribution in [0.25, 0.3) is 22.4 Å². The van der Waals surface area contributed by atoms with Gasteiger partial charge in [-0.15, -0.1) is 0 Å². The Morgan fingerprint density at radius 1 is 0.811 bits per heavy atom. The molecule has 37 heavy (non-hydrogen) atoms. The van der Waals surface area contributed by atoms with Crippen LogP contribution in [0.1, 0.15) is 13.3 Å². The zero-order valence-corrected chi connectivity index (χ0v) is 19.9. The molecule has 5 rings (SSSR count). The number of imidazole rings is 1. The van der Waals surface area contributed by atoms with E-state index < -0.39 is 23.4 Å². The molecule has 10 nitrogen and oxygen atoms in total. The highest BCUT2D eigenvalue weighted by molar-refractivity contribution is 6.21. The van der Waals surface area contributed by atoms with Gasteiger partial charge in [-0.2, -0.15) is 0 Å². The largest absolute Gasteiger partial charge is 0.467 e. The molecule has 1 aliphatic heterocycles. The molecule has 3 N–H and O–H groups in total. The van der Waals surface area contributed by atoms with E-state index in [2.05, 4.69) is 20.6 Å². The van der Waals surface area contributed by atoms with Crippen LogP contribution in [-0.4, -0.2) is 46.6 Å². The molecule has 0 saturated carbocycles. The molecule has 4 amide bonds. The lowest BCUT2D eigenvalue weighted by molar-refractivity contribution is -0.153. The molecular formula is C27H24N4O6. The first-order chi connectivity index (χ1) is 18.0. The number of hydrogen-bond acceptors (Lipinski definition) is 7. The van der Waals surface area contributed by atoms with E-state index in [1.807, 2.05) is 48.5 Å². The Hall–Kier alpha value is -4.70. The number of urea groups is 1. The summed E-state index contributed by atoms with van der Waals surface area (Å²) in [6, 6.07) is 20.9. The lowest BCUT2D eigenvalue weighted by atomic mass is 9.95. The summed E-state index contributed by atoms with van der Waals surface area (Å²) in [5.74, 6) is 0.483. The Labute approximate surface area is 211 Å². The molecule has 0 radical (unpaired) electrons. The lowest BCUT2D eigenvalue weighted by Crippen LogP contribution is -2.69. The minimum absolute atomic E-state index is 0.0678. The first-order valence-corrected chi connectivity index (χ1v) is 11.7. The van der Waals surface area contributed by atoms with Gasteiger partial charge in [0.1, 0.15) is 23.1 Å². The van der Waals surface area contributed by atoms with Crippen molar-refractivity contribution in [1.29, 1.82) is 0 Å². The molecular weight excluding hydrogens is 476 g/mol. The standard InChI is InChI=1S/C27H24N4O6/c1-2-35-16-15-27(24(32)30-26(34)31-25(27)33)37-20-13-11-19(12-14-20)36-18-9-7-17(8-10-18)23-28-21-5-3-4-6-22(21)29-23/h3-14H,2,15-16H2,1H3,(H,28,29)(H2,30,31,32,33,34). The number of aromatic nitrogens is 2. The van der Waals surface area contributed by atoms with E-state index in [0.29, 0.717) is 18.1 Å². The number of hydrogen-bond donors (Lipinski definition) is 3. The van der Waals surface area contributed by atoms with Crippen molar-refractivity contribution in [2.45, 2.75) is 18.9 Å². The summed E-state index contributed by atoms with van der Waals surface area (Å²) in [7, 11) is 0. The number of amides is 4. The van der Waals surface area contributed by atoms with Gasteiger partial charge in [0.25, 0.3) is 17.4 Å². The van der Waals surface area contributed by atoms with Crippen molar-refractivity contribution in [3.8, 4) is 28.6 Å². The molecule has 10 heteroatoms. The minimum Gasteiger partial charge on any atom is -0.467 e. The van der Waals surface area contributed by atoms with Crippen LogP contribution in [0.5, 0.6) is 17.2 Å². The number of carbonyl (C=O) groups is 3. The summed E-state index contributed by atoms with van der Waals surface area (Å²) in [6.07, 6.45) is -0.0678. The van der Waals surface area contributed by atoms with Gasteiger partial charge in [-0.3, -0.25) is 20.2 Å². The summed E-state index contributed by atoms with van der Waals surface area (Å²) >= 11 is 0. The van der Waals surface area contributed by atoms with Crippen LogP contribution in [0.3, 0.4) is 0 Å². The maximum Gasteiger partial charge on any atom is 0.328 e. The average Bonchev–Trinajstić information content (AvgIpc) is 3.33. The molecule has 1 aromatic heterocycles. The van der Waals surface area contributed by atoms with Crippen molar-refractivity contribution in [1.82, 2.24) is 20.6 Å². The molecule has 1 saturated heterocycles. The Balaban J connectivity index is 1.28. The Morgan fingerprint density at radius 3 is 2.08 bits per heavy atom. The second-order valence-electron chi connectivity index (χ2n) is 8.31. The van der Waals surface area contributed by atoms with E-state index in [4.69, 9.17) is 14.2 Å². The smallest absolute Gasteiger partial charge is 0.328 e. The number of barbiturate groups is 1. The van der Waals surface area contributed by atoms with Crippen LogP contribution < -0.4 is 20.1 Å². The summed E-state index contributed by atoms with van der Waals surface area (Å²) in [5.41, 5.74) is 0.856. The molecule has 0 unspecified atom stereocenters. The molecule has 0 aliphatic carbocycles. The van der Waals surface area contributed by atoms with Crippen LogP contribution in [0.4, 0.5) is 4.79 Å². The molecule has 1 fully saturated rings. The maximum absolute atomic E-state index is 12.6. The zero-order chi connectivity index (χ0) is 25.8. The Bertz CT molecular complexity index is 1390. The number of nitrogens with one attached hydrogen (secondary N) is 3. The SMILES string of the molecule is CCOCCC1(Oc2ccc(Oc3ccc(-c4nc5ccccc5[nH]4)cc3)cc2)C(=O)NC(=O)NC1=O. The van der Waals surface area contributed by atoms with Crippen LogP contribution in [0, 0.1) is 0 Å². The van der Waals surface area contributed by atoms with Gasteiger partial charge in [-0.05, 0) is 67.6 Å². The maximum atomic E-state index is 12.6. The third-order valence-corrected chi connectivity index (χ3v) is 5.86. The Kier molecular flexibility index (Phi) is 6.57. The third kappa shape index (κ3) is 5.00. The molecule has 188 valence electrons. The minimum atomic E-state index is -1.93. The van der Waals surface area contributed by atoms with Gasteiger partial charge in [-0.1, -0.05) is 12.1 Å². The molecule has 4 aromatic rings. The van der Waals surface area contributed by atoms with Gasteiger partial charge in [0, 0.05) is 18.6 Å². The van der Waals surface area contributed by atoms with Crippen molar-refractivity contribution >= 4 is 28.9 Å². The van der Waals surface area contributed by atoms with Gasteiger partial charge < -0.3 is 19.2 Å². The third-order valence-electron chi connectivity index (χ3n) is 5.86. The zero-order valence-electron chi connectivity index (χ0n) is 19.9. The quantitative estimate of drug-likeness (QED) is 0.234. The number of imide groups is 2.